The molecule has 0 radical (unpaired) electrons. The first-order valence-electron chi connectivity index (χ1n) is 3.28. The molecule has 0 spiro atoms. The Bertz CT molecular complexity index is 320. The maximum absolute atomic E-state index is 12.3. The highest BCUT2D eigenvalue weighted by molar-refractivity contribution is 9.10. The van der Waals surface area contributed by atoms with Gasteiger partial charge in [0.2, 0.25) is 0 Å². The van der Waals surface area contributed by atoms with Gasteiger partial charge in [0, 0.05) is 5.33 Å². The molecule has 1 aromatic rings. The molecule has 0 unspecified atom stereocenters. The first-order valence-corrected chi connectivity index (χ1v) is 5.20. The van der Waals surface area contributed by atoms with Gasteiger partial charge in [-0.15, -0.1) is 0 Å². The molecule has 13 heavy (non-hydrogen) atoms. The Morgan fingerprint density at radius 1 is 1.54 bits per heavy atom. The van der Waals surface area contributed by atoms with E-state index in [-0.39, 0.29) is 4.47 Å². The number of aromatic hydroxyl groups is 1. The van der Waals surface area contributed by atoms with E-state index in [9.17, 15) is 13.9 Å². The second-order valence-electron chi connectivity index (χ2n) is 2.26. The fraction of sp³-hybridized carbons (Fsp3) is 0.286. The van der Waals surface area contributed by atoms with Crippen LogP contribution < -0.4 is 0 Å². The normalized spacial score (nSPS) is 10.8. The minimum Gasteiger partial charge on any atom is -0.505 e. The van der Waals surface area contributed by atoms with Crippen LogP contribution in [0.4, 0.5) is 8.78 Å². The molecule has 0 saturated heterocycles. The van der Waals surface area contributed by atoms with Crippen molar-refractivity contribution in [2.45, 2.75) is 11.8 Å². The largest absolute Gasteiger partial charge is 0.505 e. The summed E-state index contributed by atoms with van der Waals surface area (Å²) in [6.45, 7) is 0. The summed E-state index contributed by atoms with van der Waals surface area (Å²) in [5.74, 6) is -0.500. The van der Waals surface area contributed by atoms with E-state index in [1.54, 1.807) is 0 Å². The van der Waals surface area contributed by atoms with Gasteiger partial charge in [-0.3, -0.25) is 0 Å². The third-order valence-corrected chi connectivity index (χ3v) is 2.55. The predicted octanol–water partition coefficient (Wildman–Crippen LogP) is 3.38. The van der Waals surface area contributed by atoms with Crippen LogP contribution in [-0.4, -0.2) is 10.1 Å². The first-order chi connectivity index (χ1) is 6.06. The van der Waals surface area contributed by atoms with E-state index in [0.29, 0.717) is 11.0 Å². The van der Waals surface area contributed by atoms with E-state index < -0.39 is 17.9 Å². The van der Waals surface area contributed by atoms with E-state index in [0.717, 1.165) is 0 Å². The van der Waals surface area contributed by atoms with E-state index in [2.05, 4.69) is 36.8 Å². The first kappa shape index (κ1) is 10.8. The maximum Gasteiger partial charge on any atom is 0.284 e. The van der Waals surface area contributed by atoms with Gasteiger partial charge in [0.25, 0.3) is 6.43 Å². The highest BCUT2D eigenvalue weighted by Crippen LogP contribution is 2.33. The van der Waals surface area contributed by atoms with Crippen molar-refractivity contribution in [2.24, 2.45) is 0 Å². The molecule has 0 aromatic carbocycles. The number of hydrogen-bond donors (Lipinski definition) is 1. The van der Waals surface area contributed by atoms with Gasteiger partial charge >= 0.3 is 0 Å². The lowest BCUT2D eigenvalue weighted by Crippen LogP contribution is -1.95. The molecule has 72 valence electrons. The van der Waals surface area contributed by atoms with Crippen LogP contribution in [0.1, 0.15) is 17.8 Å². The van der Waals surface area contributed by atoms with Gasteiger partial charge in [0.1, 0.15) is 5.69 Å². The molecular weight excluding hydrogens is 312 g/mol. The van der Waals surface area contributed by atoms with E-state index in [1.165, 1.54) is 6.07 Å². The minimum atomic E-state index is -2.77. The number of nitrogens with zero attached hydrogens (tertiary/aromatic N) is 1. The Kier molecular flexibility index (Phi) is 3.61. The van der Waals surface area contributed by atoms with Crippen molar-refractivity contribution < 1.29 is 13.9 Å². The van der Waals surface area contributed by atoms with Gasteiger partial charge in [0.05, 0.1) is 10.2 Å². The standard InChI is InChI=1S/C7H5Br2F2NO/c8-2-3-1-4(9)6(13)5(12-3)7(10)11/h1,7,13H,2H2. The van der Waals surface area contributed by atoms with Gasteiger partial charge in [-0.05, 0) is 22.0 Å². The minimum absolute atomic E-state index is 0.229. The van der Waals surface area contributed by atoms with Crippen molar-refractivity contribution in [3.63, 3.8) is 0 Å². The van der Waals surface area contributed by atoms with Crippen molar-refractivity contribution in [2.75, 3.05) is 0 Å². The van der Waals surface area contributed by atoms with Crippen LogP contribution in [0, 0.1) is 0 Å². The van der Waals surface area contributed by atoms with E-state index in [1.807, 2.05) is 0 Å². The van der Waals surface area contributed by atoms with Gasteiger partial charge in [0.15, 0.2) is 5.75 Å². The molecule has 0 saturated carbocycles. The molecule has 0 aliphatic heterocycles. The lowest BCUT2D eigenvalue weighted by Gasteiger charge is -2.06. The summed E-state index contributed by atoms with van der Waals surface area (Å²) in [6.07, 6.45) is -2.77. The molecule has 1 aromatic heterocycles. The Hall–Kier alpha value is -0.230. The zero-order valence-electron chi connectivity index (χ0n) is 6.27. The number of pyridine rings is 1. The smallest absolute Gasteiger partial charge is 0.284 e. The highest BCUT2D eigenvalue weighted by atomic mass is 79.9. The van der Waals surface area contributed by atoms with Crippen LogP contribution in [0.5, 0.6) is 5.75 Å². The second-order valence-corrected chi connectivity index (χ2v) is 3.68. The molecule has 0 aliphatic carbocycles. The number of rotatable bonds is 2. The summed E-state index contributed by atoms with van der Waals surface area (Å²) < 4.78 is 24.8. The molecule has 0 amide bonds. The predicted molar refractivity (Wildman–Crippen MR) is 51.2 cm³/mol. The summed E-state index contributed by atoms with van der Waals surface area (Å²) in [4.78, 5) is 3.57. The lowest BCUT2D eigenvalue weighted by atomic mass is 10.3. The van der Waals surface area contributed by atoms with Crippen LogP contribution in [0.15, 0.2) is 10.5 Å². The molecule has 0 aliphatic rings. The van der Waals surface area contributed by atoms with Crippen molar-refractivity contribution in [3.8, 4) is 5.75 Å². The van der Waals surface area contributed by atoms with Gasteiger partial charge in [-0.2, -0.15) is 0 Å². The molecule has 1 heterocycles. The average Bonchev–Trinajstić information content (AvgIpc) is 2.09. The molecule has 1 rings (SSSR count). The van der Waals surface area contributed by atoms with Crippen LogP contribution in [0.3, 0.4) is 0 Å². The van der Waals surface area contributed by atoms with Crippen molar-refractivity contribution >= 4 is 31.9 Å². The summed E-state index contributed by atoms with van der Waals surface area (Å²) in [5, 5.41) is 9.55. The second kappa shape index (κ2) is 4.32. The number of hydrogen-bond acceptors (Lipinski definition) is 2. The van der Waals surface area contributed by atoms with Gasteiger partial charge in [-0.1, -0.05) is 15.9 Å². The molecule has 2 nitrogen and oxygen atoms in total. The number of alkyl halides is 3. The molecular formula is C7H5Br2F2NO. The third-order valence-electron chi connectivity index (χ3n) is 1.37. The Morgan fingerprint density at radius 3 is 2.62 bits per heavy atom. The zero-order valence-corrected chi connectivity index (χ0v) is 9.44. The van der Waals surface area contributed by atoms with E-state index in [4.69, 9.17) is 0 Å². The van der Waals surface area contributed by atoms with Crippen LogP contribution >= 0.6 is 31.9 Å². The van der Waals surface area contributed by atoms with Crippen LogP contribution in [0.2, 0.25) is 0 Å². The van der Waals surface area contributed by atoms with Crippen molar-refractivity contribution in [1.82, 2.24) is 4.98 Å². The molecule has 0 atom stereocenters. The number of halogens is 4. The fourth-order valence-electron chi connectivity index (χ4n) is 0.798. The molecule has 1 N–H and O–H groups in total. The maximum atomic E-state index is 12.3. The SMILES string of the molecule is Oc1c(Br)cc(CBr)nc1C(F)F. The summed E-state index contributed by atoms with van der Waals surface area (Å²) >= 11 is 6.05. The van der Waals surface area contributed by atoms with Gasteiger partial charge in [-0.25, -0.2) is 13.8 Å². The Labute approximate surface area is 90.2 Å². The van der Waals surface area contributed by atoms with Crippen LogP contribution in [-0.2, 0) is 5.33 Å². The van der Waals surface area contributed by atoms with Crippen molar-refractivity contribution in [3.05, 3.63) is 21.9 Å². The third kappa shape index (κ3) is 2.37. The monoisotopic (exact) mass is 315 g/mol. The summed E-state index contributed by atoms with van der Waals surface area (Å²) in [5.41, 5.74) is -0.149. The van der Waals surface area contributed by atoms with Gasteiger partial charge < -0.3 is 5.11 Å². The quantitative estimate of drug-likeness (QED) is 0.848. The highest BCUT2D eigenvalue weighted by Gasteiger charge is 2.17. The number of aromatic nitrogens is 1. The van der Waals surface area contributed by atoms with E-state index >= 15 is 0 Å². The molecule has 6 heteroatoms. The topological polar surface area (TPSA) is 33.1 Å². The summed E-state index contributed by atoms with van der Waals surface area (Å²) in [7, 11) is 0. The van der Waals surface area contributed by atoms with Crippen molar-refractivity contribution in [1.29, 1.82) is 0 Å². The van der Waals surface area contributed by atoms with Crippen LogP contribution in [0.25, 0.3) is 0 Å². The zero-order chi connectivity index (χ0) is 10.0. The average molecular weight is 317 g/mol. The fourth-order valence-corrected chi connectivity index (χ4v) is 1.55. The Balaban J connectivity index is 3.25. The summed E-state index contributed by atoms with van der Waals surface area (Å²) in [6, 6.07) is 1.48. The lowest BCUT2D eigenvalue weighted by molar-refractivity contribution is 0.141. The Morgan fingerprint density at radius 2 is 2.15 bits per heavy atom. The molecule has 0 bridgehead atoms. The molecule has 0 fully saturated rings.